The molecule has 3 atom stereocenters. The molecule has 0 bridgehead atoms. The van der Waals surface area contributed by atoms with E-state index in [2.05, 4.69) is 10.2 Å². The Kier molecular flexibility index (Phi) is 6.40. The third-order valence-electron chi connectivity index (χ3n) is 5.23. The zero-order chi connectivity index (χ0) is 22.1. The van der Waals surface area contributed by atoms with Crippen molar-refractivity contribution in [3.05, 3.63) is 52.2 Å². The highest BCUT2D eigenvalue weighted by molar-refractivity contribution is 7.80. The lowest BCUT2D eigenvalue weighted by Gasteiger charge is -2.46. The van der Waals surface area contributed by atoms with Crippen LogP contribution in [0.3, 0.4) is 0 Å². The van der Waals surface area contributed by atoms with Crippen molar-refractivity contribution in [2.45, 2.75) is 31.8 Å². The van der Waals surface area contributed by atoms with E-state index in [0.717, 1.165) is 30.1 Å². The maximum absolute atomic E-state index is 13.9. The van der Waals surface area contributed by atoms with Gasteiger partial charge in [-0.3, -0.25) is 4.79 Å². The second-order valence-electron chi connectivity index (χ2n) is 6.92. The number of thiocarbonyl (C=S) groups is 1. The van der Waals surface area contributed by atoms with Gasteiger partial charge >= 0.3 is 6.18 Å². The maximum atomic E-state index is 13.9. The molecule has 30 heavy (non-hydrogen) atoms. The molecule has 1 aromatic carbocycles. The fourth-order valence-corrected chi connectivity index (χ4v) is 4.66. The largest absolute Gasteiger partial charge is 0.437 e. The molecule has 5 nitrogen and oxygen atoms in total. The molecule has 1 aromatic heterocycles. The Morgan fingerprint density at radius 3 is 2.37 bits per heavy atom. The molecule has 0 saturated carbocycles. The molecule has 0 amide bonds. The third kappa shape index (κ3) is 4.03. The van der Waals surface area contributed by atoms with Gasteiger partial charge in [0.25, 0.3) is 0 Å². The van der Waals surface area contributed by atoms with E-state index in [1.165, 1.54) is 6.07 Å². The minimum Gasteiger partial charge on any atom is -0.372 e. The van der Waals surface area contributed by atoms with E-state index in [1.54, 1.807) is 35.7 Å². The predicted octanol–water partition coefficient (Wildman–Crippen LogP) is 3.86. The summed E-state index contributed by atoms with van der Waals surface area (Å²) in [6, 6.07) is 8.74. The van der Waals surface area contributed by atoms with E-state index in [4.69, 9.17) is 12.2 Å². The number of benzene rings is 1. The zero-order valence-corrected chi connectivity index (χ0v) is 18.0. The van der Waals surface area contributed by atoms with Crippen LogP contribution < -0.4 is 15.5 Å². The Hall–Kier alpha value is -2.17. The molecule has 2 heterocycles. The first-order valence-corrected chi connectivity index (χ1v) is 10.7. The van der Waals surface area contributed by atoms with Gasteiger partial charge in [0.15, 0.2) is 10.9 Å². The van der Waals surface area contributed by atoms with E-state index in [1.807, 2.05) is 19.2 Å². The van der Waals surface area contributed by atoms with Gasteiger partial charge < -0.3 is 20.6 Å². The Morgan fingerprint density at radius 2 is 1.87 bits per heavy atom. The van der Waals surface area contributed by atoms with Crippen molar-refractivity contribution in [2.24, 2.45) is 5.92 Å². The fraction of sp³-hybridized carbons (Fsp3) is 0.400. The molecule has 1 saturated heterocycles. The first kappa shape index (κ1) is 22.5. The number of halogens is 3. The van der Waals surface area contributed by atoms with Gasteiger partial charge in [0, 0.05) is 18.8 Å². The number of nitrogens with zero attached hydrogens (tertiary/aromatic N) is 1. The summed E-state index contributed by atoms with van der Waals surface area (Å²) in [6.45, 7) is 5.56. The zero-order valence-electron chi connectivity index (χ0n) is 16.4. The van der Waals surface area contributed by atoms with E-state index >= 15 is 0 Å². The predicted molar refractivity (Wildman–Crippen MR) is 115 cm³/mol. The maximum Gasteiger partial charge on any atom is 0.437 e. The molecule has 0 unspecified atom stereocenters. The van der Waals surface area contributed by atoms with Crippen molar-refractivity contribution in [3.8, 4) is 0 Å². The number of hydrogen-bond donors (Lipinski definition) is 3. The summed E-state index contributed by atoms with van der Waals surface area (Å²) < 4.78 is 41.8. The standard InChI is InChI=1S/C20H22F3N3O2S2/c1-3-26(4-2)13-9-7-12(8-10-13)16-15(17(27)14-6-5-11-30-14)19(28,20(21,22)23)25-18(29)24-16/h5-11,15-16,28H,3-4H2,1-2H3,(H2,24,25,29)/t15-,16+,19-/m1/s1. The van der Waals surface area contributed by atoms with E-state index in [-0.39, 0.29) is 9.99 Å². The number of hydrogen-bond acceptors (Lipinski definition) is 5. The molecule has 162 valence electrons. The summed E-state index contributed by atoms with van der Waals surface area (Å²) in [6.07, 6.45) is -5.13. The lowest BCUT2D eigenvalue weighted by molar-refractivity contribution is -0.285. The number of carbonyl (C=O) groups excluding carboxylic acids is 1. The molecule has 0 spiro atoms. The van der Waals surface area contributed by atoms with Crippen LogP contribution in [0.25, 0.3) is 0 Å². The summed E-state index contributed by atoms with van der Waals surface area (Å²) in [7, 11) is 0. The van der Waals surface area contributed by atoms with Crippen LogP contribution in [0.1, 0.15) is 35.1 Å². The molecule has 0 aliphatic carbocycles. The van der Waals surface area contributed by atoms with Crippen molar-refractivity contribution < 1.29 is 23.1 Å². The topological polar surface area (TPSA) is 64.6 Å². The van der Waals surface area contributed by atoms with Crippen LogP contribution in [0.5, 0.6) is 0 Å². The highest BCUT2D eigenvalue weighted by Crippen LogP contribution is 2.44. The van der Waals surface area contributed by atoms with Crippen LogP contribution in [0.15, 0.2) is 41.8 Å². The second-order valence-corrected chi connectivity index (χ2v) is 8.28. The van der Waals surface area contributed by atoms with Crippen LogP contribution in [-0.4, -0.2) is 41.0 Å². The molecule has 2 aromatic rings. The van der Waals surface area contributed by atoms with Crippen molar-refractivity contribution in [1.82, 2.24) is 10.6 Å². The molecule has 10 heteroatoms. The highest BCUT2D eigenvalue weighted by atomic mass is 32.1. The van der Waals surface area contributed by atoms with Gasteiger partial charge in [-0.05, 0) is 55.2 Å². The van der Waals surface area contributed by atoms with Gasteiger partial charge in [-0.2, -0.15) is 13.2 Å². The Balaban J connectivity index is 2.07. The number of alkyl halides is 3. The van der Waals surface area contributed by atoms with Gasteiger partial charge in [0.05, 0.1) is 10.9 Å². The number of nitrogens with one attached hydrogen (secondary N) is 2. The lowest BCUT2D eigenvalue weighted by atomic mass is 9.78. The van der Waals surface area contributed by atoms with Gasteiger partial charge in [-0.1, -0.05) is 18.2 Å². The summed E-state index contributed by atoms with van der Waals surface area (Å²) in [5.74, 6) is -2.69. The summed E-state index contributed by atoms with van der Waals surface area (Å²) in [4.78, 5) is 15.3. The molecule has 0 radical (unpaired) electrons. The number of thiophene rings is 1. The number of anilines is 1. The van der Waals surface area contributed by atoms with Crippen LogP contribution >= 0.6 is 23.6 Å². The average Bonchev–Trinajstić information content (AvgIpc) is 3.22. The fourth-order valence-electron chi connectivity index (χ4n) is 3.67. The van der Waals surface area contributed by atoms with E-state index < -0.39 is 29.6 Å². The minimum atomic E-state index is -5.13. The van der Waals surface area contributed by atoms with Gasteiger partial charge in [0.1, 0.15) is 5.92 Å². The van der Waals surface area contributed by atoms with Crippen LogP contribution in [0.2, 0.25) is 0 Å². The molecular weight excluding hydrogens is 435 g/mol. The van der Waals surface area contributed by atoms with Gasteiger partial charge in [-0.25, -0.2) is 0 Å². The molecule has 3 rings (SSSR count). The van der Waals surface area contributed by atoms with Crippen molar-refractivity contribution in [3.63, 3.8) is 0 Å². The number of ketones is 1. The van der Waals surface area contributed by atoms with E-state index in [9.17, 15) is 23.1 Å². The lowest BCUT2D eigenvalue weighted by Crippen LogP contribution is -2.72. The van der Waals surface area contributed by atoms with Crippen LogP contribution in [0, 0.1) is 5.92 Å². The first-order valence-electron chi connectivity index (χ1n) is 9.42. The monoisotopic (exact) mass is 457 g/mol. The molecule has 1 fully saturated rings. The smallest absolute Gasteiger partial charge is 0.372 e. The van der Waals surface area contributed by atoms with Crippen LogP contribution in [0.4, 0.5) is 18.9 Å². The van der Waals surface area contributed by atoms with Gasteiger partial charge in [0.2, 0.25) is 5.72 Å². The Bertz CT molecular complexity index is 899. The number of rotatable bonds is 6. The number of carbonyl (C=O) groups is 1. The van der Waals surface area contributed by atoms with E-state index in [0.29, 0.717) is 5.56 Å². The normalized spacial score (nSPS) is 24.1. The summed E-state index contributed by atoms with van der Waals surface area (Å²) in [5, 5.41) is 16.6. The van der Waals surface area contributed by atoms with Crippen molar-refractivity contribution >= 4 is 40.1 Å². The third-order valence-corrected chi connectivity index (χ3v) is 6.34. The molecule has 3 N–H and O–H groups in total. The second kappa shape index (κ2) is 8.52. The molecule has 1 aliphatic heterocycles. The highest BCUT2D eigenvalue weighted by Gasteiger charge is 2.65. The van der Waals surface area contributed by atoms with Gasteiger partial charge in [-0.15, -0.1) is 11.3 Å². The summed E-state index contributed by atoms with van der Waals surface area (Å²) >= 11 is 5.97. The first-order chi connectivity index (χ1) is 14.1. The number of aliphatic hydroxyl groups is 1. The van der Waals surface area contributed by atoms with Crippen LogP contribution in [-0.2, 0) is 0 Å². The Morgan fingerprint density at radius 1 is 1.23 bits per heavy atom. The van der Waals surface area contributed by atoms with Crippen molar-refractivity contribution in [2.75, 3.05) is 18.0 Å². The summed E-state index contributed by atoms with van der Waals surface area (Å²) in [5.41, 5.74) is -2.17. The molecular formula is C20H22F3N3O2S2. The SMILES string of the molecule is CCN(CC)c1ccc([C@@H]2NC(=S)N[C@](O)(C(F)(F)F)[C@H]2C(=O)c2cccs2)cc1. The quantitative estimate of drug-likeness (QED) is 0.452. The van der Waals surface area contributed by atoms with Crippen molar-refractivity contribution in [1.29, 1.82) is 0 Å². The average molecular weight is 458 g/mol. The minimum absolute atomic E-state index is 0.129. The molecule has 1 aliphatic rings. The number of Topliss-reactive ketones (excluding diaryl/α,β-unsaturated/α-hetero) is 1. The Labute approximate surface area is 181 Å².